The van der Waals surface area contributed by atoms with Gasteiger partial charge in [-0.25, -0.2) is 0 Å². The van der Waals surface area contributed by atoms with Gasteiger partial charge in [0.2, 0.25) is 0 Å². The zero-order valence-electron chi connectivity index (χ0n) is 22.7. The van der Waals surface area contributed by atoms with Crippen LogP contribution in [-0.4, -0.2) is 9.52 Å². The van der Waals surface area contributed by atoms with Gasteiger partial charge in [-0.3, -0.25) is 0 Å². The molecule has 0 aromatic heterocycles. The van der Waals surface area contributed by atoms with E-state index < -0.39 is 0 Å². The average Bonchev–Trinajstić information content (AvgIpc) is 2.78. The van der Waals surface area contributed by atoms with Gasteiger partial charge in [0.05, 0.1) is 0 Å². The first-order valence-electron chi connectivity index (χ1n) is 15.0. The van der Waals surface area contributed by atoms with E-state index >= 15 is 0 Å². The molecule has 0 aliphatic rings. The van der Waals surface area contributed by atoms with E-state index in [1.807, 2.05) is 5.57 Å². The van der Waals surface area contributed by atoms with Crippen LogP contribution in [0.15, 0.2) is 10.8 Å². The molecule has 0 spiro atoms. The monoisotopic (exact) mass is 450 g/mol. The van der Waals surface area contributed by atoms with Crippen LogP contribution >= 0.6 is 0 Å². The summed E-state index contributed by atoms with van der Waals surface area (Å²) < 4.78 is 0. The van der Waals surface area contributed by atoms with Crippen molar-refractivity contribution in [1.82, 2.24) is 0 Å². The van der Waals surface area contributed by atoms with Gasteiger partial charge >= 0.3 is 0 Å². The Kier molecular flexibility index (Phi) is 26.2. The van der Waals surface area contributed by atoms with E-state index in [9.17, 15) is 0 Å². The molecule has 0 saturated heterocycles. The molecular formula is C30H62Si. The van der Waals surface area contributed by atoms with Gasteiger partial charge in [0, 0.05) is 9.52 Å². The Bertz CT molecular complexity index is 371. The van der Waals surface area contributed by atoms with Crippen molar-refractivity contribution in [2.24, 2.45) is 0 Å². The minimum atomic E-state index is -0.00479. The van der Waals surface area contributed by atoms with Crippen LogP contribution in [0.1, 0.15) is 175 Å². The van der Waals surface area contributed by atoms with E-state index in [1.165, 1.54) is 148 Å². The van der Waals surface area contributed by atoms with E-state index in [4.69, 9.17) is 0 Å². The molecule has 0 nitrogen and oxygen atoms in total. The number of allylic oxidation sites excluding steroid dienone is 2. The number of hydrogen-bond donors (Lipinski definition) is 0. The van der Waals surface area contributed by atoms with E-state index in [2.05, 4.69) is 32.9 Å². The Hall–Kier alpha value is -0.0431. The molecule has 0 aromatic rings. The Morgan fingerprint density at radius 1 is 0.387 bits per heavy atom. The highest BCUT2D eigenvalue weighted by molar-refractivity contribution is 6.45. The maximum Gasteiger partial charge on any atom is 0.0495 e. The van der Waals surface area contributed by atoms with Gasteiger partial charge in [-0.15, -0.1) is 0 Å². The number of hydrogen-bond acceptors (Lipinski definition) is 0. The van der Waals surface area contributed by atoms with Gasteiger partial charge in [0.25, 0.3) is 0 Å². The zero-order valence-corrected chi connectivity index (χ0v) is 24.1. The van der Waals surface area contributed by atoms with Gasteiger partial charge in [-0.05, 0) is 38.5 Å². The lowest BCUT2D eigenvalue weighted by molar-refractivity contribution is 0.600. The first-order chi connectivity index (χ1) is 15.3. The predicted molar refractivity (Wildman–Crippen MR) is 149 cm³/mol. The first kappa shape index (κ1) is 31.0. The largest absolute Gasteiger partial charge is 0.0887 e. The summed E-state index contributed by atoms with van der Waals surface area (Å²) in [5.41, 5.74) is 1.97. The molecule has 0 heterocycles. The summed E-state index contributed by atoms with van der Waals surface area (Å²) in [7, 11) is -0.00479. The molecule has 0 bridgehead atoms. The van der Waals surface area contributed by atoms with Gasteiger partial charge in [-0.1, -0.05) is 154 Å². The molecule has 0 N–H and O–H groups in total. The standard InChI is InChI=1S/C30H62Si/c1-5-9-13-17-20-24-28-31-30(27-23-19-15-11-7-3)29(25-21-16-12-8-4)26-22-18-14-10-6-2/h5-28,31H2,1-4H3. The predicted octanol–water partition coefficient (Wildman–Crippen LogP) is 10.9. The fourth-order valence-corrected chi connectivity index (χ4v) is 7.14. The normalized spacial score (nSPS) is 12.8. The molecule has 0 aromatic carbocycles. The quantitative estimate of drug-likeness (QED) is 0.0957. The molecule has 31 heavy (non-hydrogen) atoms. The van der Waals surface area contributed by atoms with Crippen LogP contribution in [0.25, 0.3) is 0 Å². The van der Waals surface area contributed by atoms with Gasteiger partial charge < -0.3 is 0 Å². The average molecular weight is 451 g/mol. The van der Waals surface area contributed by atoms with Crippen LogP contribution in [0, 0.1) is 0 Å². The van der Waals surface area contributed by atoms with Crippen molar-refractivity contribution in [1.29, 1.82) is 0 Å². The lowest BCUT2D eigenvalue weighted by Gasteiger charge is -2.17. The SMILES string of the molecule is CCCCCCCC[SiH2]C(CCCCCCC)=C(CCCCCC)CCCCCCC. The zero-order chi connectivity index (χ0) is 22.8. The fraction of sp³-hybridized carbons (Fsp3) is 0.933. The van der Waals surface area contributed by atoms with Crippen molar-refractivity contribution < 1.29 is 0 Å². The number of rotatable bonds is 25. The third kappa shape index (κ3) is 21.6. The van der Waals surface area contributed by atoms with E-state index in [0.717, 1.165) is 0 Å². The molecule has 1 heteroatoms. The molecule has 0 unspecified atom stereocenters. The lowest BCUT2D eigenvalue weighted by Crippen LogP contribution is -2.04. The third-order valence-electron chi connectivity index (χ3n) is 7.08. The van der Waals surface area contributed by atoms with E-state index in [0.29, 0.717) is 0 Å². The summed E-state index contributed by atoms with van der Waals surface area (Å²) in [6, 6.07) is 1.59. The maximum absolute atomic E-state index is 2.35. The molecule has 0 radical (unpaired) electrons. The summed E-state index contributed by atoms with van der Waals surface area (Å²) >= 11 is 0. The molecular weight excluding hydrogens is 388 g/mol. The summed E-state index contributed by atoms with van der Waals surface area (Å²) in [5, 5.41) is 2.05. The minimum absolute atomic E-state index is 0.00479. The van der Waals surface area contributed by atoms with Crippen molar-refractivity contribution in [3.63, 3.8) is 0 Å². The van der Waals surface area contributed by atoms with Crippen LogP contribution in [0.4, 0.5) is 0 Å². The van der Waals surface area contributed by atoms with Gasteiger partial charge in [0.15, 0.2) is 0 Å². The van der Waals surface area contributed by atoms with Crippen LogP contribution in [0.5, 0.6) is 0 Å². The molecule has 0 amide bonds. The second kappa shape index (κ2) is 26.2. The van der Waals surface area contributed by atoms with Crippen molar-refractivity contribution in [3.05, 3.63) is 10.8 Å². The van der Waals surface area contributed by atoms with Crippen LogP contribution in [0.3, 0.4) is 0 Å². The Morgan fingerprint density at radius 3 is 1.23 bits per heavy atom. The highest BCUT2D eigenvalue weighted by Crippen LogP contribution is 2.25. The molecule has 0 aliphatic carbocycles. The van der Waals surface area contributed by atoms with Crippen LogP contribution in [0.2, 0.25) is 6.04 Å². The van der Waals surface area contributed by atoms with Crippen molar-refractivity contribution in [2.45, 2.75) is 181 Å². The minimum Gasteiger partial charge on any atom is -0.0887 e. The maximum atomic E-state index is 2.35. The lowest BCUT2D eigenvalue weighted by atomic mass is 9.98. The Balaban J connectivity index is 4.76. The smallest absolute Gasteiger partial charge is 0.0495 e. The Morgan fingerprint density at radius 2 is 0.742 bits per heavy atom. The van der Waals surface area contributed by atoms with Gasteiger partial charge in [-0.2, -0.15) is 0 Å². The van der Waals surface area contributed by atoms with Crippen molar-refractivity contribution in [2.75, 3.05) is 0 Å². The molecule has 186 valence electrons. The highest BCUT2D eigenvalue weighted by Gasteiger charge is 2.09. The topological polar surface area (TPSA) is 0 Å². The summed E-state index contributed by atoms with van der Waals surface area (Å²) in [6.45, 7) is 9.35. The second-order valence-corrected chi connectivity index (χ2v) is 12.3. The van der Waals surface area contributed by atoms with Gasteiger partial charge in [0.1, 0.15) is 0 Å². The molecule has 0 fully saturated rings. The first-order valence-corrected chi connectivity index (χ1v) is 16.7. The fourth-order valence-electron chi connectivity index (χ4n) is 4.90. The Labute approximate surface area is 201 Å². The van der Waals surface area contributed by atoms with Crippen molar-refractivity contribution in [3.8, 4) is 0 Å². The van der Waals surface area contributed by atoms with E-state index in [-0.39, 0.29) is 9.52 Å². The highest BCUT2D eigenvalue weighted by atomic mass is 28.2. The number of unbranched alkanes of at least 4 members (excludes halogenated alkanes) is 16. The van der Waals surface area contributed by atoms with Crippen LogP contribution < -0.4 is 0 Å². The summed E-state index contributed by atoms with van der Waals surface area (Å²) in [6.07, 6.45) is 33.3. The molecule has 0 rings (SSSR count). The van der Waals surface area contributed by atoms with Crippen molar-refractivity contribution >= 4 is 9.52 Å². The molecule has 0 aliphatic heterocycles. The molecule has 0 saturated carbocycles. The second-order valence-electron chi connectivity index (χ2n) is 10.2. The summed E-state index contributed by atoms with van der Waals surface area (Å²) in [5.74, 6) is 0. The van der Waals surface area contributed by atoms with Crippen LogP contribution in [-0.2, 0) is 0 Å². The third-order valence-corrected chi connectivity index (χ3v) is 9.39. The molecule has 0 atom stereocenters. The summed E-state index contributed by atoms with van der Waals surface area (Å²) in [4.78, 5) is 0. The van der Waals surface area contributed by atoms with E-state index in [1.54, 1.807) is 6.04 Å².